The first-order valence-corrected chi connectivity index (χ1v) is 7.37. The molecule has 0 aromatic heterocycles. The zero-order valence-corrected chi connectivity index (χ0v) is 12.7. The topological polar surface area (TPSA) is 26.3 Å². The SMILES string of the molecule is CC(C(=O)c1ccc2c(c1)CC(C)(C)O2)c1ccccc1. The highest BCUT2D eigenvalue weighted by atomic mass is 16.5. The maximum atomic E-state index is 12.7. The number of hydrogen-bond acceptors (Lipinski definition) is 2. The van der Waals surface area contributed by atoms with E-state index in [0.29, 0.717) is 0 Å². The summed E-state index contributed by atoms with van der Waals surface area (Å²) < 4.78 is 5.86. The zero-order valence-electron chi connectivity index (χ0n) is 12.7. The third-order valence-electron chi connectivity index (χ3n) is 4.04. The van der Waals surface area contributed by atoms with Gasteiger partial charge < -0.3 is 4.74 Å². The summed E-state index contributed by atoms with van der Waals surface area (Å²) in [5.41, 5.74) is 2.78. The molecule has 0 spiro atoms. The van der Waals surface area contributed by atoms with Gasteiger partial charge in [-0.25, -0.2) is 0 Å². The summed E-state index contributed by atoms with van der Waals surface area (Å²) in [4.78, 5) is 12.7. The number of fused-ring (bicyclic) bond motifs is 1. The van der Waals surface area contributed by atoms with Gasteiger partial charge in [0.1, 0.15) is 11.4 Å². The van der Waals surface area contributed by atoms with Crippen molar-refractivity contribution in [2.45, 2.75) is 38.7 Å². The van der Waals surface area contributed by atoms with E-state index in [4.69, 9.17) is 4.74 Å². The lowest BCUT2D eigenvalue weighted by atomic mass is 9.91. The summed E-state index contributed by atoms with van der Waals surface area (Å²) in [5, 5.41) is 0. The van der Waals surface area contributed by atoms with Crippen LogP contribution in [0, 0.1) is 0 Å². The van der Waals surface area contributed by atoms with Gasteiger partial charge >= 0.3 is 0 Å². The summed E-state index contributed by atoms with van der Waals surface area (Å²) in [6.45, 7) is 6.10. The van der Waals surface area contributed by atoms with Crippen LogP contribution in [0.3, 0.4) is 0 Å². The first-order valence-electron chi connectivity index (χ1n) is 7.37. The molecule has 0 aliphatic carbocycles. The van der Waals surface area contributed by atoms with Crippen molar-refractivity contribution in [2.24, 2.45) is 0 Å². The molecule has 0 amide bonds. The lowest BCUT2D eigenvalue weighted by Crippen LogP contribution is -2.24. The fourth-order valence-corrected chi connectivity index (χ4v) is 2.91. The number of hydrogen-bond donors (Lipinski definition) is 0. The van der Waals surface area contributed by atoms with Crippen molar-refractivity contribution in [3.63, 3.8) is 0 Å². The molecule has 2 heteroatoms. The smallest absolute Gasteiger partial charge is 0.170 e. The Morgan fingerprint density at radius 1 is 1.14 bits per heavy atom. The van der Waals surface area contributed by atoms with E-state index in [2.05, 4.69) is 13.8 Å². The number of Topliss-reactive ketones (excluding diaryl/α,β-unsaturated/α-hetero) is 1. The summed E-state index contributed by atoms with van der Waals surface area (Å²) in [6, 6.07) is 15.7. The van der Waals surface area contributed by atoms with Crippen LogP contribution >= 0.6 is 0 Å². The molecule has 21 heavy (non-hydrogen) atoms. The van der Waals surface area contributed by atoms with E-state index < -0.39 is 0 Å². The number of benzene rings is 2. The van der Waals surface area contributed by atoms with Gasteiger partial charge in [-0.2, -0.15) is 0 Å². The van der Waals surface area contributed by atoms with Gasteiger partial charge in [-0.3, -0.25) is 4.79 Å². The number of ketones is 1. The maximum Gasteiger partial charge on any atom is 0.170 e. The van der Waals surface area contributed by atoms with Crippen molar-refractivity contribution in [1.82, 2.24) is 0 Å². The van der Waals surface area contributed by atoms with Crippen LogP contribution in [0.4, 0.5) is 0 Å². The van der Waals surface area contributed by atoms with Crippen LogP contribution in [0.2, 0.25) is 0 Å². The molecule has 3 rings (SSSR count). The highest BCUT2D eigenvalue weighted by molar-refractivity contribution is 6.01. The molecule has 0 bridgehead atoms. The number of rotatable bonds is 3. The van der Waals surface area contributed by atoms with Crippen molar-refractivity contribution < 1.29 is 9.53 Å². The van der Waals surface area contributed by atoms with Crippen molar-refractivity contribution in [2.75, 3.05) is 0 Å². The molecule has 0 saturated heterocycles. The zero-order chi connectivity index (χ0) is 15.0. The van der Waals surface area contributed by atoms with Crippen LogP contribution < -0.4 is 4.74 Å². The van der Waals surface area contributed by atoms with E-state index in [9.17, 15) is 4.79 Å². The van der Waals surface area contributed by atoms with E-state index in [1.165, 1.54) is 0 Å². The second-order valence-corrected chi connectivity index (χ2v) is 6.36. The quantitative estimate of drug-likeness (QED) is 0.780. The molecule has 2 nitrogen and oxygen atoms in total. The predicted octanol–water partition coefficient (Wildman–Crippen LogP) is 4.39. The van der Waals surface area contributed by atoms with Crippen LogP contribution in [-0.2, 0) is 6.42 Å². The molecule has 2 aromatic carbocycles. The van der Waals surface area contributed by atoms with Crippen molar-refractivity contribution in [3.05, 3.63) is 65.2 Å². The lowest BCUT2D eigenvalue weighted by molar-refractivity contribution is 0.0966. The highest BCUT2D eigenvalue weighted by Gasteiger charge is 2.30. The molecule has 1 atom stereocenters. The second-order valence-electron chi connectivity index (χ2n) is 6.36. The molecule has 0 saturated carbocycles. The van der Waals surface area contributed by atoms with Gasteiger partial charge in [-0.05, 0) is 43.2 Å². The summed E-state index contributed by atoms with van der Waals surface area (Å²) in [6.07, 6.45) is 0.850. The summed E-state index contributed by atoms with van der Waals surface area (Å²) in [5.74, 6) is 0.942. The number of carbonyl (C=O) groups is 1. The first-order chi connectivity index (χ1) is 9.96. The van der Waals surface area contributed by atoms with Crippen LogP contribution in [0.1, 0.15) is 48.2 Å². The summed E-state index contributed by atoms with van der Waals surface area (Å²) >= 11 is 0. The van der Waals surface area contributed by atoms with Gasteiger partial charge in [0.15, 0.2) is 5.78 Å². The third-order valence-corrected chi connectivity index (χ3v) is 4.04. The molecule has 1 unspecified atom stereocenters. The maximum absolute atomic E-state index is 12.7. The Morgan fingerprint density at radius 2 is 1.86 bits per heavy atom. The monoisotopic (exact) mass is 280 g/mol. The van der Waals surface area contributed by atoms with Crippen LogP contribution in [0.5, 0.6) is 5.75 Å². The second kappa shape index (κ2) is 5.03. The van der Waals surface area contributed by atoms with Gasteiger partial charge in [0, 0.05) is 17.9 Å². The van der Waals surface area contributed by atoms with Crippen LogP contribution in [-0.4, -0.2) is 11.4 Å². The Hall–Kier alpha value is -2.09. The van der Waals surface area contributed by atoms with Gasteiger partial charge in [-0.1, -0.05) is 37.3 Å². The van der Waals surface area contributed by atoms with Crippen molar-refractivity contribution in [3.8, 4) is 5.75 Å². The normalized spacial score (nSPS) is 16.9. The Kier molecular flexibility index (Phi) is 3.32. The minimum absolute atomic E-state index is 0.125. The molecule has 0 fully saturated rings. The average molecular weight is 280 g/mol. The molecule has 2 aromatic rings. The first kappa shape index (κ1) is 13.9. The minimum atomic E-state index is -0.172. The van der Waals surface area contributed by atoms with Crippen molar-refractivity contribution >= 4 is 5.78 Å². The molecular formula is C19H20O2. The van der Waals surface area contributed by atoms with E-state index in [-0.39, 0.29) is 17.3 Å². The third kappa shape index (κ3) is 2.71. The molecule has 0 N–H and O–H groups in total. The molecule has 1 aliphatic heterocycles. The van der Waals surface area contributed by atoms with E-state index in [1.54, 1.807) is 0 Å². The minimum Gasteiger partial charge on any atom is -0.487 e. The summed E-state index contributed by atoms with van der Waals surface area (Å²) in [7, 11) is 0. The molecule has 0 radical (unpaired) electrons. The van der Waals surface area contributed by atoms with E-state index in [0.717, 1.165) is 28.9 Å². The van der Waals surface area contributed by atoms with E-state index >= 15 is 0 Å². The Morgan fingerprint density at radius 3 is 2.57 bits per heavy atom. The molecule has 1 heterocycles. The average Bonchev–Trinajstić information content (AvgIpc) is 2.79. The molecule has 1 aliphatic rings. The van der Waals surface area contributed by atoms with Crippen LogP contribution in [0.25, 0.3) is 0 Å². The fraction of sp³-hybridized carbons (Fsp3) is 0.316. The standard InChI is InChI=1S/C19H20O2/c1-13(14-7-5-4-6-8-14)18(20)15-9-10-17-16(11-15)12-19(2,3)21-17/h4-11,13H,12H2,1-3H3. The Labute approximate surface area is 125 Å². The van der Waals surface area contributed by atoms with Gasteiger partial charge in [0.2, 0.25) is 0 Å². The van der Waals surface area contributed by atoms with Gasteiger partial charge in [0.05, 0.1) is 0 Å². The Bertz CT molecular complexity index is 671. The fourth-order valence-electron chi connectivity index (χ4n) is 2.91. The number of ether oxygens (including phenoxy) is 1. The molecule has 108 valence electrons. The van der Waals surface area contributed by atoms with Crippen molar-refractivity contribution in [1.29, 1.82) is 0 Å². The number of carbonyl (C=O) groups excluding carboxylic acids is 1. The van der Waals surface area contributed by atoms with Gasteiger partial charge in [0.25, 0.3) is 0 Å². The lowest BCUT2D eigenvalue weighted by Gasteiger charge is -2.16. The van der Waals surface area contributed by atoms with Crippen LogP contribution in [0.15, 0.2) is 48.5 Å². The Balaban J connectivity index is 1.87. The highest BCUT2D eigenvalue weighted by Crippen LogP contribution is 2.36. The van der Waals surface area contributed by atoms with E-state index in [1.807, 2.05) is 55.5 Å². The van der Waals surface area contributed by atoms with Gasteiger partial charge in [-0.15, -0.1) is 0 Å². The molecular weight excluding hydrogens is 260 g/mol. The largest absolute Gasteiger partial charge is 0.487 e. The predicted molar refractivity (Wildman–Crippen MR) is 84.0 cm³/mol.